The molecule has 0 spiro atoms. The fraction of sp³-hybridized carbons (Fsp3) is 0.636. The third kappa shape index (κ3) is 4.36. The van der Waals surface area contributed by atoms with Crippen LogP contribution >= 0.6 is 12.4 Å². The Bertz CT molecular complexity index is 322. The van der Waals surface area contributed by atoms with Crippen LogP contribution in [0.4, 0.5) is 0 Å². The SMILES string of the molecule is Cl.O=C(NCCCn1ccnc1)C1CCCN1. The lowest BCUT2D eigenvalue weighted by Crippen LogP contribution is -2.40. The number of nitrogens with one attached hydrogen (secondary N) is 2. The number of imidazole rings is 1. The highest BCUT2D eigenvalue weighted by Crippen LogP contribution is 2.04. The van der Waals surface area contributed by atoms with E-state index in [0.29, 0.717) is 0 Å². The van der Waals surface area contributed by atoms with Crippen LogP contribution in [-0.4, -0.2) is 34.6 Å². The molecule has 1 amide bonds. The number of carbonyl (C=O) groups is 1. The van der Waals surface area contributed by atoms with E-state index in [0.717, 1.165) is 38.9 Å². The maximum Gasteiger partial charge on any atom is 0.237 e. The molecule has 2 heterocycles. The highest BCUT2D eigenvalue weighted by Gasteiger charge is 2.20. The standard InChI is InChI=1S/C11H18N4O.ClH/c16-11(10-3-1-4-13-10)14-5-2-7-15-8-6-12-9-15;/h6,8-10,13H,1-5,7H2,(H,14,16);1H. The lowest BCUT2D eigenvalue weighted by Gasteiger charge is -2.10. The van der Waals surface area contributed by atoms with E-state index in [-0.39, 0.29) is 24.4 Å². The summed E-state index contributed by atoms with van der Waals surface area (Å²) in [5.74, 6) is 0.142. The number of nitrogens with zero attached hydrogens (tertiary/aromatic N) is 2. The van der Waals surface area contributed by atoms with Crippen LogP contribution in [0.2, 0.25) is 0 Å². The minimum atomic E-state index is 0. The molecule has 17 heavy (non-hydrogen) atoms. The van der Waals surface area contributed by atoms with E-state index >= 15 is 0 Å². The van der Waals surface area contributed by atoms with E-state index in [1.165, 1.54) is 0 Å². The molecule has 0 saturated carbocycles. The van der Waals surface area contributed by atoms with Crippen LogP contribution in [0.15, 0.2) is 18.7 Å². The first-order valence-corrected chi connectivity index (χ1v) is 5.83. The highest BCUT2D eigenvalue weighted by atomic mass is 35.5. The second-order valence-electron chi connectivity index (χ2n) is 4.09. The van der Waals surface area contributed by atoms with Crippen LogP contribution in [-0.2, 0) is 11.3 Å². The first kappa shape index (κ1) is 14.0. The van der Waals surface area contributed by atoms with Gasteiger partial charge in [-0.1, -0.05) is 0 Å². The molecule has 1 saturated heterocycles. The van der Waals surface area contributed by atoms with Crippen molar-refractivity contribution in [3.63, 3.8) is 0 Å². The van der Waals surface area contributed by atoms with Crippen molar-refractivity contribution < 1.29 is 4.79 Å². The summed E-state index contributed by atoms with van der Waals surface area (Å²) in [4.78, 5) is 15.6. The lowest BCUT2D eigenvalue weighted by molar-refractivity contribution is -0.122. The summed E-state index contributed by atoms with van der Waals surface area (Å²) < 4.78 is 2.01. The molecule has 5 nitrogen and oxygen atoms in total. The number of hydrogen-bond acceptors (Lipinski definition) is 3. The first-order chi connectivity index (χ1) is 7.86. The maximum absolute atomic E-state index is 11.6. The second kappa shape index (κ2) is 7.29. The predicted octanol–water partition coefficient (Wildman–Crippen LogP) is 0.563. The van der Waals surface area contributed by atoms with Gasteiger partial charge in [0.2, 0.25) is 5.91 Å². The Morgan fingerprint density at radius 2 is 2.47 bits per heavy atom. The summed E-state index contributed by atoms with van der Waals surface area (Å²) >= 11 is 0. The van der Waals surface area contributed by atoms with Crippen LogP contribution in [0.25, 0.3) is 0 Å². The molecule has 6 heteroatoms. The third-order valence-electron chi connectivity index (χ3n) is 2.83. The molecular formula is C11H19ClN4O. The molecule has 1 aliphatic rings. The molecule has 0 bridgehead atoms. The average Bonchev–Trinajstić information content (AvgIpc) is 2.96. The molecule has 96 valence electrons. The molecule has 0 aromatic carbocycles. The van der Waals surface area contributed by atoms with E-state index in [2.05, 4.69) is 15.6 Å². The average molecular weight is 259 g/mol. The zero-order valence-corrected chi connectivity index (χ0v) is 10.6. The smallest absolute Gasteiger partial charge is 0.237 e. The first-order valence-electron chi connectivity index (χ1n) is 5.83. The van der Waals surface area contributed by atoms with Gasteiger partial charge in [-0.05, 0) is 25.8 Å². The molecule has 1 aliphatic heterocycles. The zero-order valence-electron chi connectivity index (χ0n) is 9.76. The number of aryl methyl sites for hydroxylation is 1. The van der Waals surface area contributed by atoms with Crippen molar-refractivity contribution in [2.75, 3.05) is 13.1 Å². The van der Waals surface area contributed by atoms with Crippen LogP contribution < -0.4 is 10.6 Å². The topological polar surface area (TPSA) is 59.0 Å². The van der Waals surface area contributed by atoms with Gasteiger partial charge in [0.1, 0.15) is 0 Å². The van der Waals surface area contributed by atoms with Crippen molar-refractivity contribution in [2.24, 2.45) is 0 Å². The van der Waals surface area contributed by atoms with E-state index in [1.54, 1.807) is 12.5 Å². The van der Waals surface area contributed by atoms with Crippen molar-refractivity contribution >= 4 is 18.3 Å². The van der Waals surface area contributed by atoms with Gasteiger partial charge in [0, 0.05) is 25.5 Å². The Balaban J connectivity index is 0.00000144. The Kier molecular flexibility index (Phi) is 6.00. The Morgan fingerprint density at radius 1 is 1.59 bits per heavy atom. The summed E-state index contributed by atoms with van der Waals surface area (Å²) in [6.45, 7) is 2.60. The van der Waals surface area contributed by atoms with E-state index in [4.69, 9.17) is 0 Å². The zero-order chi connectivity index (χ0) is 11.2. The molecule has 1 aromatic heterocycles. The van der Waals surface area contributed by atoms with Crippen molar-refractivity contribution in [2.45, 2.75) is 31.8 Å². The monoisotopic (exact) mass is 258 g/mol. The Labute approximate surface area is 107 Å². The van der Waals surface area contributed by atoms with Crippen LogP contribution in [0.3, 0.4) is 0 Å². The van der Waals surface area contributed by atoms with Gasteiger partial charge in [-0.3, -0.25) is 4.79 Å². The normalized spacial score (nSPS) is 18.7. The summed E-state index contributed by atoms with van der Waals surface area (Å²) in [6.07, 6.45) is 8.50. The van der Waals surface area contributed by atoms with Crippen molar-refractivity contribution in [3.05, 3.63) is 18.7 Å². The summed E-state index contributed by atoms with van der Waals surface area (Å²) in [6, 6.07) is 0.0354. The number of aromatic nitrogens is 2. The minimum Gasteiger partial charge on any atom is -0.355 e. The number of rotatable bonds is 5. The van der Waals surface area contributed by atoms with Gasteiger partial charge in [-0.25, -0.2) is 4.98 Å². The molecule has 0 aliphatic carbocycles. The summed E-state index contributed by atoms with van der Waals surface area (Å²) in [5.41, 5.74) is 0. The summed E-state index contributed by atoms with van der Waals surface area (Å²) in [7, 11) is 0. The Hall–Kier alpha value is -1.07. The molecule has 1 aromatic rings. The Morgan fingerprint density at radius 3 is 3.12 bits per heavy atom. The maximum atomic E-state index is 11.6. The molecule has 1 atom stereocenters. The van der Waals surface area contributed by atoms with Crippen molar-refractivity contribution in [1.29, 1.82) is 0 Å². The number of halogens is 1. The molecule has 2 rings (SSSR count). The molecule has 1 unspecified atom stereocenters. The van der Waals surface area contributed by atoms with Gasteiger partial charge < -0.3 is 15.2 Å². The van der Waals surface area contributed by atoms with Gasteiger partial charge >= 0.3 is 0 Å². The largest absolute Gasteiger partial charge is 0.355 e. The lowest BCUT2D eigenvalue weighted by atomic mass is 10.2. The van der Waals surface area contributed by atoms with E-state index in [1.807, 2.05) is 10.8 Å². The molecule has 0 radical (unpaired) electrons. The number of amides is 1. The highest BCUT2D eigenvalue weighted by molar-refractivity contribution is 5.85. The molecule has 2 N–H and O–H groups in total. The summed E-state index contributed by atoms with van der Waals surface area (Å²) in [5, 5.41) is 6.14. The van der Waals surface area contributed by atoms with Gasteiger partial charge in [0.05, 0.1) is 12.4 Å². The van der Waals surface area contributed by atoms with Gasteiger partial charge in [-0.15, -0.1) is 12.4 Å². The fourth-order valence-corrected chi connectivity index (χ4v) is 1.92. The van der Waals surface area contributed by atoms with Crippen molar-refractivity contribution in [1.82, 2.24) is 20.2 Å². The number of carbonyl (C=O) groups excluding carboxylic acids is 1. The fourth-order valence-electron chi connectivity index (χ4n) is 1.92. The van der Waals surface area contributed by atoms with Gasteiger partial charge in [0.15, 0.2) is 0 Å². The van der Waals surface area contributed by atoms with Gasteiger partial charge in [-0.2, -0.15) is 0 Å². The van der Waals surface area contributed by atoms with E-state index in [9.17, 15) is 4.79 Å². The third-order valence-corrected chi connectivity index (χ3v) is 2.83. The van der Waals surface area contributed by atoms with Crippen LogP contribution in [0.1, 0.15) is 19.3 Å². The molecule has 1 fully saturated rings. The predicted molar refractivity (Wildman–Crippen MR) is 68.1 cm³/mol. The molecular weight excluding hydrogens is 240 g/mol. The number of hydrogen-bond donors (Lipinski definition) is 2. The second-order valence-corrected chi connectivity index (χ2v) is 4.09. The van der Waals surface area contributed by atoms with Gasteiger partial charge in [0.25, 0.3) is 0 Å². The van der Waals surface area contributed by atoms with Crippen LogP contribution in [0, 0.1) is 0 Å². The minimum absolute atomic E-state index is 0. The van der Waals surface area contributed by atoms with E-state index < -0.39 is 0 Å². The van der Waals surface area contributed by atoms with Crippen LogP contribution in [0.5, 0.6) is 0 Å². The quantitative estimate of drug-likeness (QED) is 0.759. The van der Waals surface area contributed by atoms with Crippen molar-refractivity contribution in [3.8, 4) is 0 Å².